The summed E-state index contributed by atoms with van der Waals surface area (Å²) in [4.78, 5) is 23.9. The van der Waals surface area contributed by atoms with E-state index in [1.807, 2.05) is 13.8 Å². The smallest absolute Gasteiger partial charge is 0.326 e. The number of carbonyl (C=O) groups excluding carboxylic acids is 1. The molecule has 7 nitrogen and oxygen atoms in total. The van der Waals surface area contributed by atoms with Gasteiger partial charge in [-0.15, -0.1) is 0 Å². The molecule has 27 heavy (non-hydrogen) atoms. The zero-order valence-electron chi connectivity index (χ0n) is 15.8. The molecule has 1 fully saturated rings. The first-order valence-corrected chi connectivity index (χ1v) is 10.8. The minimum absolute atomic E-state index is 0.251. The second-order valence-corrected chi connectivity index (χ2v) is 8.97. The molecule has 1 aromatic carbocycles. The van der Waals surface area contributed by atoms with Gasteiger partial charge in [0.2, 0.25) is 15.9 Å². The number of benzene rings is 1. The second kappa shape index (κ2) is 9.32. The summed E-state index contributed by atoms with van der Waals surface area (Å²) < 4.78 is 26.8. The Balaban J connectivity index is 1.94. The number of carbonyl (C=O) groups is 2. The summed E-state index contributed by atoms with van der Waals surface area (Å²) >= 11 is 0. The van der Waals surface area contributed by atoms with Gasteiger partial charge in [-0.05, 0) is 38.3 Å². The van der Waals surface area contributed by atoms with Crippen molar-refractivity contribution in [1.82, 2.24) is 9.62 Å². The van der Waals surface area contributed by atoms with Crippen LogP contribution in [0.3, 0.4) is 0 Å². The SMILES string of the molecule is CCCCC(NC(=O)C1CCN(S(=O)(=O)c2ccc(C)cc2)CC1)C(=O)O. The van der Waals surface area contributed by atoms with E-state index in [2.05, 4.69) is 5.32 Å². The molecule has 1 amide bonds. The number of carboxylic acids is 1. The van der Waals surface area contributed by atoms with Crippen LogP contribution in [0.1, 0.15) is 44.6 Å². The molecule has 0 bridgehead atoms. The molecule has 0 radical (unpaired) electrons. The van der Waals surface area contributed by atoms with Crippen molar-refractivity contribution in [2.75, 3.05) is 13.1 Å². The van der Waals surface area contributed by atoms with Crippen molar-refractivity contribution in [3.63, 3.8) is 0 Å². The van der Waals surface area contributed by atoms with Crippen LogP contribution in [0, 0.1) is 12.8 Å². The van der Waals surface area contributed by atoms with E-state index in [1.165, 1.54) is 4.31 Å². The first-order chi connectivity index (χ1) is 12.8. The number of hydrogen-bond donors (Lipinski definition) is 2. The van der Waals surface area contributed by atoms with Gasteiger partial charge in [0.15, 0.2) is 0 Å². The van der Waals surface area contributed by atoms with Crippen LogP contribution in [0.2, 0.25) is 0 Å². The average molecular weight is 397 g/mol. The topological polar surface area (TPSA) is 104 Å². The summed E-state index contributed by atoms with van der Waals surface area (Å²) in [5, 5.41) is 11.8. The minimum Gasteiger partial charge on any atom is -0.480 e. The lowest BCUT2D eigenvalue weighted by Gasteiger charge is -2.31. The molecule has 8 heteroatoms. The summed E-state index contributed by atoms with van der Waals surface area (Å²) in [5.74, 6) is -1.69. The number of hydrogen-bond acceptors (Lipinski definition) is 4. The van der Waals surface area contributed by atoms with Gasteiger partial charge in [-0.3, -0.25) is 4.79 Å². The Labute approximate surface area is 160 Å². The van der Waals surface area contributed by atoms with Crippen LogP contribution < -0.4 is 5.32 Å². The third-order valence-electron chi connectivity index (χ3n) is 4.94. The number of unbranched alkanes of at least 4 members (excludes halogenated alkanes) is 1. The van der Waals surface area contributed by atoms with E-state index in [-0.39, 0.29) is 29.8 Å². The Kier molecular flexibility index (Phi) is 7.38. The molecule has 1 heterocycles. The molecule has 1 atom stereocenters. The van der Waals surface area contributed by atoms with Gasteiger partial charge in [0, 0.05) is 19.0 Å². The zero-order valence-corrected chi connectivity index (χ0v) is 16.7. The lowest BCUT2D eigenvalue weighted by molar-refractivity contribution is -0.142. The third-order valence-corrected chi connectivity index (χ3v) is 6.86. The number of nitrogens with zero attached hydrogens (tertiary/aromatic N) is 1. The molecule has 0 aromatic heterocycles. The Hall–Kier alpha value is -1.93. The molecule has 1 aliphatic rings. The van der Waals surface area contributed by atoms with Crippen LogP contribution in [-0.2, 0) is 19.6 Å². The molecule has 1 aromatic rings. The van der Waals surface area contributed by atoms with E-state index in [0.29, 0.717) is 19.3 Å². The van der Waals surface area contributed by atoms with Crippen LogP contribution in [-0.4, -0.2) is 48.8 Å². The molecule has 2 N–H and O–H groups in total. The normalized spacial score (nSPS) is 17.4. The number of carboxylic acid groups (broad SMARTS) is 1. The molecule has 150 valence electrons. The van der Waals surface area contributed by atoms with Crippen molar-refractivity contribution >= 4 is 21.9 Å². The van der Waals surface area contributed by atoms with Gasteiger partial charge in [-0.1, -0.05) is 37.5 Å². The molecular formula is C19H28N2O5S. The Morgan fingerprint density at radius 1 is 1.22 bits per heavy atom. The number of rotatable bonds is 8. The Morgan fingerprint density at radius 3 is 2.33 bits per heavy atom. The molecule has 1 aliphatic heterocycles. The fraction of sp³-hybridized carbons (Fsp3) is 0.579. The maximum Gasteiger partial charge on any atom is 0.326 e. The summed E-state index contributed by atoms with van der Waals surface area (Å²) in [6.07, 6.45) is 2.76. The number of amides is 1. The highest BCUT2D eigenvalue weighted by atomic mass is 32.2. The van der Waals surface area contributed by atoms with Crippen LogP contribution in [0.5, 0.6) is 0 Å². The lowest BCUT2D eigenvalue weighted by atomic mass is 9.96. The largest absolute Gasteiger partial charge is 0.480 e. The van der Waals surface area contributed by atoms with E-state index >= 15 is 0 Å². The number of aliphatic carboxylic acids is 1. The first-order valence-electron chi connectivity index (χ1n) is 9.35. The molecular weight excluding hydrogens is 368 g/mol. The molecule has 2 rings (SSSR count). The summed E-state index contributed by atoms with van der Waals surface area (Å²) in [5.41, 5.74) is 0.986. The monoisotopic (exact) mass is 396 g/mol. The summed E-state index contributed by atoms with van der Waals surface area (Å²) in [6, 6.07) is 5.82. The second-order valence-electron chi connectivity index (χ2n) is 7.03. The standard InChI is InChI=1S/C19H28N2O5S/c1-3-4-5-17(19(23)24)20-18(22)15-10-12-21(13-11-15)27(25,26)16-8-6-14(2)7-9-16/h6-9,15,17H,3-5,10-13H2,1-2H3,(H,20,22)(H,23,24). The van der Waals surface area contributed by atoms with E-state index in [1.54, 1.807) is 24.3 Å². The van der Waals surface area contributed by atoms with Crippen molar-refractivity contribution in [2.45, 2.75) is 56.9 Å². The minimum atomic E-state index is -3.57. The number of nitrogens with one attached hydrogen (secondary N) is 1. The Morgan fingerprint density at radius 2 is 1.81 bits per heavy atom. The fourth-order valence-corrected chi connectivity index (χ4v) is 4.64. The number of piperidine rings is 1. The molecule has 1 unspecified atom stereocenters. The Bertz CT molecular complexity index is 753. The van der Waals surface area contributed by atoms with Gasteiger partial charge in [-0.25, -0.2) is 13.2 Å². The van der Waals surface area contributed by atoms with Crippen molar-refractivity contribution < 1.29 is 23.1 Å². The van der Waals surface area contributed by atoms with Crippen LogP contribution in [0.4, 0.5) is 0 Å². The average Bonchev–Trinajstić information content (AvgIpc) is 2.65. The van der Waals surface area contributed by atoms with Gasteiger partial charge >= 0.3 is 5.97 Å². The van der Waals surface area contributed by atoms with Gasteiger partial charge in [0.25, 0.3) is 0 Å². The summed E-state index contributed by atoms with van der Waals surface area (Å²) in [7, 11) is -3.57. The highest BCUT2D eigenvalue weighted by molar-refractivity contribution is 7.89. The first kappa shape index (κ1) is 21.4. The van der Waals surface area contributed by atoms with E-state index in [4.69, 9.17) is 0 Å². The molecule has 0 aliphatic carbocycles. The van der Waals surface area contributed by atoms with Crippen molar-refractivity contribution in [1.29, 1.82) is 0 Å². The predicted octanol–water partition coefficient (Wildman–Crippen LogP) is 2.16. The maximum absolute atomic E-state index is 12.7. The highest BCUT2D eigenvalue weighted by Crippen LogP contribution is 2.24. The zero-order chi connectivity index (χ0) is 20.0. The highest BCUT2D eigenvalue weighted by Gasteiger charge is 2.33. The molecule has 0 saturated carbocycles. The van der Waals surface area contributed by atoms with E-state index in [0.717, 1.165) is 18.4 Å². The summed E-state index contributed by atoms with van der Waals surface area (Å²) in [6.45, 7) is 4.36. The predicted molar refractivity (Wildman–Crippen MR) is 102 cm³/mol. The van der Waals surface area contributed by atoms with Crippen LogP contribution in [0.25, 0.3) is 0 Å². The maximum atomic E-state index is 12.7. The van der Waals surface area contributed by atoms with Gasteiger partial charge in [-0.2, -0.15) is 4.31 Å². The quantitative estimate of drug-likeness (QED) is 0.701. The lowest BCUT2D eigenvalue weighted by Crippen LogP contribution is -2.47. The van der Waals surface area contributed by atoms with Gasteiger partial charge in [0.1, 0.15) is 6.04 Å². The van der Waals surface area contributed by atoms with Gasteiger partial charge < -0.3 is 10.4 Å². The third kappa shape index (κ3) is 5.52. The molecule has 1 saturated heterocycles. The number of aryl methyl sites for hydroxylation is 1. The van der Waals surface area contributed by atoms with Crippen molar-refractivity contribution in [3.05, 3.63) is 29.8 Å². The van der Waals surface area contributed by atoms with E-state index < -0.39 is 22.0 Å². The number of sulfonamides is 1. The fourth-order valence-electron chi connectivity index (χ4n) is 3.17. The van der Waals surface area contributed by atoms with Crippen molar-refractivity contribution in [2.24, 2.45) is 5.92 Å². The van der Waals surface area contributed by atoms with Crippen LogP contribution >= 0.6 is 0 Å². The molecule has 0 spiro atoms. The van der Waals surface area contributed by atoms with Gasteiger partial charge in [0.05, 0.1) is 4.90 Å². The van der Waals surface area contributed by atoms with Crippen molar-refractivity contribution in [3.8, 4) is 0 Å². The van der Waals surface area contributed by atoms with E-state index in [9.17, 15) is 23.1 Å². The van der Waals surface area contributed by atoms with Crippen LogP contribution in [0.15, 0.2) is 29.2 Å².